The van der Waals surface area contributed by atoms with Gasteiger partial charge in [0.15, 0.2) is 0 Å². The summed E-state index contributed by atoms with van der Waals surface area (Å²) in [5.41, 5.74) is 1.92. The van der Waals surface area contributed by atoms with Crippen molar-refractivity contribution >= 4 is 46.7 Å². The Morgan fingerprint density at radius 3 is 2.63 bits per heavy atom. The van der Waals surface area contributed by atoms with Gasteiger partial charge < -0.3 is 10.6 Å². The van der Waals surface area contributed by atoms with E-state index in [0.717, 1.165) is 11.5 Å². The number of thiophene rings is 1. The van der Waals surface area contributed by atoms with E-state index < -0.39 is 10.8 Å². The maximum atomic E-state index is 11.7. The third-order valence-corrected chi connectivity index (χ3v) is 5.13. The van der Waals surface area contributed by atoms with Gasteiger partial charge in [0, 0.05) is 36.3 Å². The van der Waals surface area contributed by atoms with Crippen LogP contribution in [0.5, 0.6) is 0 Å². The minimum Gasteiger partial charge on any atom is -0.354 e. The predicted molar refractivity (Wildman–Crippen MR) is 109 cm³/mol. The number of nitrogens with zero attached hydrogens (tertiary/aromatic N) is 1. The van der Waals surface area contributed by atoms with Gasteiger partial charge in [-0.05, 0) is 46.2 Å². The molecule has 7 nitrogen and oxygen atoms in total. The van der Waals surface area contributed by atoms with Crippen LogP contribution in [0.25, 0.3) is 6.08 Å². The molecule has 0 radical (unpaired) electrons. The smallest absolute Gasteiger partial charge is 0.269 e. The summed E-state index contributed by atoms with van der Waals surface area (Å²) in [6, 6.07) is 7.89. The summed E-state index contributed by atoms with van der Waals surface area (Å²) in [6.45, 7) is 0.445. The Kier molecular flexibility index (Phi) is 8.53. The molecule has 0 bridgehead atoms. The molecular formula is C18H19N3O4S2. The Hall–Kier alpha value is -2.65. The van der Waals surface area contributed by atoms with Crippen LogP contribution in [0.1, 0.15) is 11.1 Å². The zero-order chi connectivity index (χ0) is 19.5. The van der Waals surface area contributed by atoms with Crippen molar-refractivity contribution in [2.75, 3.05) is 18.8 Å². The number of nitro groups is 1. The molecule has 1 heterocycles. The molecule has 2 aromatic rings. The van der Waals surface area contributed by atoms with Crippen LogP contribution in [0, 0.1) is 10.1 Å². The number of rotatable bonds is 10. The molecule has 1 aromatic heterocycles. The maximum Gasteiger partial charge on any atom is 0.269 e. The van der Waals surface area contributed by atoms with Crippen molar-refractivity contribution in [3.8, 4) is 0 Å². The molecular weight excluding hydrogens is 386 g/mol. The predicted octanol–water partition coefficient (Wildman–Crippen LogP) is 2.84. The maximum absolute atomic E-state index is 11.7. The monoisotopic (exact) mass is 405 g/mol. The second kappa shape index (κ2) is 11.1. The lowest BCUT2D eigenvalue weighted by molar-refractivity contribution is -0.384. The number of thioether (sulfide) groups is 1. The Bertz CT molecular complexity index is 789. The van der Waals surface area contributed by atoms with Gasteiger partial charge in [-0.25, -0.2) is 0 Å². The van der Waals surface area contributed by atoms with E-state index in [2.05, 4.69) is 22.1 Å². The van der Waals surface area contributed by atoms with Crippen LogP contribution in [-0.2, 0) is 15.3 Å². The third-order valence-electron chi connectivity index (χ3n) is 3.37. The van der Waals surface area contributed by atoms with Gasteiger partial charge in [-0.3, -0.25) is 19.7 Å². The summed E-state index contributed by atoms with van der Waals surface area (Å²) >= 11 is 3.40. The van der Waals surface area contributed by atoms with Crippen molar-refractivity contribution in [1.82, 2.24) is 10.6 Å². The number of amides is 2. The highest BCUT2D eigenvalue weighted by Crippen LogP contribution is 2.14. The van der Waals surface area contributed by atoms with Crippen molar-refractivity contribution in [3.05, 3.63) is 68.4 Å². The molecule has 0 fully saturated rings. The first-order valence-corrected chi connectivity index (χ1v) is 10.2. The molecule has 0 atom stereocenters. The van der Waals surface area contributed by atoms with E-state index in [1.165, 1.54) is 29.8 Å². The summed E-state index contributed by atoms with van der Waals surface area (Å²) in [5.74, 6) is 1.07. The van der Waals surface area contributed by atoms with Gasteiger partial charge in [-0.1, -0.05) is 0 Å². The fourth-order valence-electron chi connectivity index (χ4n) is 2.00. The summed E-state index contributed by atoms with van der Waals surface area (Å²) in [4.78, 5) is 33.5. The fraction of sp³-hybridized carbons (Fsp3) is 0.222. The Morgan fingerprint density at radius 2 is 1.96 bits per heavy atom. The molecule has 0 aliphatic rings. The molecule has 142 valence electrons. The van der Waals surface area contributed by atoms with Crippen LogP contribution in [-0.4, -0.2) is 35.6 Å². The van der Waals surface area contributed by atoms with Gasteiger partial charge in [0.05, 0.1) is 11.5 Å². The summed E-state index contributed by atoms with van der Waals surface area (Å²) in [6.07, 6.45) is 2.81. The zero-order valence-corrected chi connectivity index (χ0v) is 16.1. The minimum atomic E-state index is -0.487. The van der Waals surface area contributed by atoms with E-state index in [0.29, 0.717) is 12.1 Å². The van der Waals surface area contributed by atoms with Gasteiger partial charge in [0.2, 0.25) is 11.8 Å². The van der Waals surface area contributed by atoms with Crippen LogP contribution >= 0.6 is 23.1 Å². The molecule has 0 spiro atoms. The van der Waals surface area contributed by atoms with Gasteiger partial charge in [0.1, 0.15) is 0 Å². The second-order valence-corrected chi connectivity index (χ2v) is 7.32. The highest BCUT2D eigenvalue weighted by molar-refractivity contribution is 7.98. The van der Waals surface area contributed by atoms with E-state index in [4.69, 9.17) is 0 Å². The van der Waals surface area contributed by atoms with Crippen molar-refractivity contribution in [3.63, 3.8) is 0 Å². The third kappa shape index (κ3) is 8.06. The van der Waals surface area contributed by atoms with E-state index in [-0.39, 0.29) is 18.1 Å². The van der Waals surface area contributed by atoms with Crippen molar-refractivity contribution in [2.24, 2.45) is 0 Å². The molecule has 2 N–H and O–H groups in total. The van der Waals surface area contributed by atoms with Crippen molar-refractivity contribution in [2.45, 2.75) is 5.75 Å². The SMILES string of the molecule is O=C(/C=C/c1ccc([N+](=O)[O-])cc1)NCC(=O)NCCSCc1ccsc1. The summed E-state index contributed by atoms with van der Waals surface area (Å²) in [7, 11) is 0. The van der Waals surface area contributed by atoms with E-state index in [1.54, 1.807) is 35.2 Å². The second-order valence-electron chi connectivity index (χ2n) is 5.43. The van der Waals surface area contributed by atoms with Crippen LogP contribution in [0.3, 0.4) is 0 Å². The van der Waals surface area contributed by atoms with Crippen molar-refractivity contribution in [1.29, 1.82) is 0 Å². The summed E-state index contributed by atoms with van der Waals surface area (Å²) in [5, 5.41) is 20.0. The Balaban J connectivity index is 1.59. The van der Waals surface area contributed by atoms with Crippen LogP contribution in [0.4, 0.5) is 5.69 Å². The lowest BCUT2D eigenvalue weighted by Gasteiger charge is -2.05. The Morgan fingerprint density at radius 1 is 1.19 bits per heavy atom. The van der Waals surface area contributed by atoms with E-state index in [1.807, 2.05) is 5.38 Å². The highest BCUT2D eigenvalue weighted by atomic mass is 32.2. The van der Waals surface area contributed by atoms with Crippen LogP contribution in [0.2, 0.25) is 0 Å². The molecule has 9 heteroatoms. The quantitative estimate of drug-likeness (QED) is 0.274. The van der Waals surface area contributed by atoms with Crippen LogP contribution in [0.15, 0.2) is 47.2 Å². The van der Waals surface area contributed by atoms with Gasteiger partial charge in [-0.2, -0.15) is 23.1 Å². The summed E-state index contributed by atoms with van der Waals surface area (Å²) < 4.78 is 0. The first-order chi connectivity index (χ1) is 13.0. The number of hydrogen-bond acceptors (Lipinski definition) is 6. The number of carbonyl (C=O) groups excluding carboxylic acids is 2. The standard InChI is InChI=1S/C18H19N3O4S2/c22-17(6-3-14-1-4-16(5-2-14)21(24)25)20-11-18(23)19-8-10-27-13-15-7-9-26-12-15/h1-7,9,12H,8,10-11,13H2,(H,19,23)(H,20,22)/b6-3+. The molecule has 2 rings (SSSR count). The Labute approximate surface area is 165 Å². The van der Waals surface area contributed by atoms with Gasteiger partial charge in [0.25, 0.3) is 5.69 Å². The minimum absolute atomic E-state index is 0.0123. The average molecular weight is 406 g/mol. The lowest BCUT2D eigenvalue weighted by atomic mass is 10.2. The molecule has 0 saturated heterocycles. The first kappa shape index (κ1) is 20.7. The fourth-order valence-corrected chi connectivity index (χ4v) is 3.58. The molecule has 2 amide bonds. The highest BCUT2D eigenvalue weighted by Gasteiger charge is 2.04. The lowest BCUT2D eigenvalue weighted by Crippen LogP contribution is -2.37. The topological polar surface area (TPSA) is 101 Å². The molecule has 0 aliphatic heterocycles. The average Bonchev–Trinajstić information content (AvgIpc) is 3.18. The molecule has 27 heavy (non-hydrogen) atoms. The first-order valence-electron chi connectivity index (χ1n) is 8.10. The molecule has 0 unspecified atom stereocenters. The zero-order valence-electron chi connectivity index (χ0n) is 14.4. The molecule has 0 saturated carbocycles. The number of benzene rings is 1. The molecule has 1 aromatic carbocycles. The van der Waals surface area contributed by atoms with Gasteiger partial charge >= 0.3 is 0 Å². The largest absolute Gasteiger partial charge is 0.354 e. The number of nitro benzene ring substituents is 1. The number of hydrogen-bond donors (Lipinski definition) is 2. The van der Waals surface area contributed by atoms with Crippen LogP contribution < -0.4 is 10.6 Å². The number of carbonyl (C=O) groups is 2. The number of non-ortho nitro benzene ring substituents is 1. The van der Waals surface area contributed by atoms with Crippen molar-refractivity contribution < 1.29 is 14.5 Å². The van der Waals surface area contributed by atoms with Gasteiger partial charge in [-0.15, -0.1) is 0 Å². The van der Waals surface area contributed by atoms with E-state index in [9.17, 15) is 19.7 Å². The normalized spacial score (nSPS) is 10.7. The molecule has 0 aliphatic carbocycles. The van der Waals surface area contributed by atoms with E-state index >= 15 is 0 Å². The number of nitrogens with one attached hydrogen (secondary N) is 2.